The van der Waals surface area contributed by atoms with E-state index in [0.29, 0.717) is 24.6 Å². The lowest BCUT2D eigenvalue weighted by Crippen LogP contribution is -2.45. The van der Waals surface area contributed by atoms with Crippen molar-refractivity contribution in [3.63, 3.8) is 0 Å². The molecule has 1 aromatic heterocycles. The predicted molar refractivity (Wildman–Crippen MR) is 60.3 cm³/mol. The Morgan fingerprint density at radius 3 is 3.29 bits per heavy atom. The van der Waals surface area contributed by atoms with E-state index in [4.69, 9.17) is 15.0 Å². The molecule has 2 heterocycles. The van der Waals surface area contributed by atoms with Crippen molar-refractivity contribution in [1.29, 1.82) is 0 Å². The first-order valence-electron chi connectivity index (χ1n) is 5.70. The maximum Gasteiger partial charge on any atom is 0.276 e. The number of hydrogen-bond donors (Lipinski definition) is 1. The molecule has 0 saturated carbocycles. The molecule has 6 heteroatoms. The summed E-state index contributed by atoms with van der Waals surface area (Å²) in [5.74, 6) is 0.434. The summed E-state index contributed by atoms with van der Waals surface area (Å²) < 4.78 is 9.89. The number of amides is 1. The van der Waals surface area contributed by atoms with Crippen LogP contribution in [0.4, 0.5) is 0 Å². The molecule has 6 nitrogen and oxygen atoms in total. The van der Waals surface area contributed by atoms with Crippen LogP contribution in [0.25, 0.3) is 0 Å². The van der Waals surface area contributed by atoms with Crippen LogP contribution in [0.5, 0.6) is 0 Å². The van der Waals surface area contributed by atoms with Crippen LogP contribution in [0, 0.1) is 0 Å². The van der Waals surface area contributed by atoms with E-state index < -0.39 is 0 Å². The minimum atomic E-state index is -0.119. The Balaban J connectivity index is 2.02. The van der Waals surface area contributed by atoms with Gasteiger partial charge in [-0.15, -0.1) is 0 Å². The zero-order valence-corrected chi connectivity index (χ0v) is 9.89. The van der Waals surface area contributed by atoms with Crippen molar-refractivity contribution in [2.24, 2.45) is 5.73 Å². The first kappa shape index (κ1) is 12.1. The zero-order valence-electron chi connectivity index (χ0n) is 9.89. The lowest BCUT2D eigenvalue weighted by molar-refractivity contribution is 0.0698. The minimum absolute atomic E-state index is 0.0676. The van der Waals surface area contributed by atoms with Crippen molar-refractivity contribution in [2.75, 3.05) is 20.2 Å². The van der Waals surface area contributed by atoms with E-state index in [1.54, 1.807) is 18.1 Å². The fraction of sp³-hybridized carbons (Fsp3) is 0.636. The molecule has 0 aromatic carbocycles. The average Bonchev–Trinajstić information content (AvgIpc) is 2.77. The lowest BCUT2D eigenvalue weighted by atomic mass is 10.1. The molecule has 17 heavy (non-hydrogen) atoms. The Hall–Kier alpha value is -1.40. The van der Waals surface area contributed by atoms with Crippen molar-refractivity contribution in [1.82, 2.24) is 10.1 Å². The normalized spacial score (nSPS) is 20.6. The van der Waals surface area contributed by atoms with E-state index in [1.165, 1.54) is 0 Å². The van der Waals surface area contributed by atoms with Gasteiger partial charge < -0.3 is 19.9 Å². The topological polar surface area (TPSA) is 81.6 Å². The van der Waals surface area contributed by atoms with E-state index in [0.717, 1.165) is 19.4 Å². The van der Waals surface area contributed by atoms with Crippen molar-refractivity contribution >= 4 is 5.91 Å². The number of rotatable bonds is 3. The van der Waals surface area contributed by atoms with Crippen LogP contribution in [-0.4, -0.2) is 42.2 Å². The van der Waals surface area contributed by atoms with Crippen LogP contribution < -0.4 is 5.73 Å². The number of hydrogen-bond acceptors (Lipinski definition) is 5. The lowest BCUT2D eigenvalue weighted by Gasteiger charge is -2.29. The molecular weight excluding hydrogens is 222 g/mol. The summed E-state index contributed by atoms with van der Waals surface area (Å²) in [4.78, 5) is 13.8. The maximum atomic E-state index is 12.1. The highest BCUT2D eigenvalue weighted by Crippen LogP contribution is 2.13. The van der Waals surface area contributed by atoms with Gasteiger partial charge >= 0.3 is 0 Å². The predicted octanol–water partition coefficient (Wildman–Crippen LogP) is 0.384. The second kappa shape index (κ2) is 5.29. The molecule has 2 N–H and O–H groups in total. The monoisotopic (exact) mass is 239 g/mol. The van der Waals surface area contributed by atoms with Gasteiger partial charge in [0.05, 0.1) is 0 Å². The third kappa shape index (κ3) is 2.83. The largest absolute Gasteiger partial charge is 0.377 e. The molecule has 94 valence electrons. The highest BCUT2D eigenvalue weighted by Gasteiger charge is 2.24. The van der Waals surface area contributed by atoms with E-state index >= 15 is 0 Å². The van der Waals surface area contributed by atoms with Gasteiger partial charge in [0, 0.05) is 32.3 Å². The molecule has 1 amide bonds. The van der Waals surface area contributed by atoms with Crippen molar-refractivity contribution in [2.45, 2.75) is 25.5 Å². The van der Waals surface area contributed by atoms with Gasteiger partial charge in [-0.05, 0) is 12.8 Å². The SMILES string of the molecule is COCc1cc(C(=O)N2CCCC(N)C2)no1. The van der Waals surface area contributed by atoms with E-state index in [-0.39, 0.29) is 11.9 Å². The summed E-state index contributed by atoms with van der Waals surface area (Å²) in [5.41, 5.74) is 6.16. The van der Waals surface area contributed by atoms with E-state index in [1.807, 2.05) is 0 Å². The molecule has 0 aliphatic carbocycles. The summed E-state index contributed by atoms with van der Waals surface area (Å²) in [6, 6.07) is 1.68. The number of ether oxygens (including phenoxy) is 1. The molecular formula is C11H17N3O3. The number of carbonyl (C=O) groups excluding carboxylic acids is 1. The second-order valence-electron chi connectivity index (χ2n) is 4.26. The average molecular weight is 239 g/mol. The van der Waals surface area contributed by atoms with Gasteiger partial charge in [-0.2, -0.15) is 0 Å². The highest BCUT2D eigenvalue weighted by molar-refractivity contribution is 5.92. The van der Waals surface area contributed by atoms with E-state index in [9.17, 15) is 4.79 Å². The van der Waals surface area contributed by atoms with Gasteiger partial charge in [-0.25, -0.2) is 0 Å². The molecule has 0 spiro atoms. The first-order valence-corrected chi connectivity index (χ1v) is 5.70. The fourth-order valence-corrected chi connectivity index (χ4v) is 1.98. The number of methoxy groups -OCH3 is 1. The minimum Gasteiger partial charge on any atom is -0.377 e. The quantitative estimate of drug-likeness (QED) is 0.824. The van der Waals surface area contributed by atoms with Crippen LogP contribution in [0.15, 0.2) is 10.6 Å². The van der Waals surface area contributed by atoms with Gasteiger partial charge in [0.1, 0.15) is 6.61 Å². The molecule has 2 rings (SSSR count). The summed E-state index contributed by atoms with van der Waals surface area (Å²) in [6.45, 7) is 1.64. The Kier molecular flexibility index (Phi) is 3.75. The van der Waals surface area contributed by atoms with Crippen molar-refractivity contribution in [3.05, 3.63) is 17.5 Å². The molecule has 0 bridgehead atoms. The number of carbonyl (C=O) groups is 1. The summed E-state index contributed by atoms with van der Waals surface area (Å²) in [6.07, 6.45) is 1.91. The van der Waals surface area contributed by atoms with Gasteiger partial charge in [-0.1, -0.05) is 5.16 Å². The molecule has 1 unspecified atom stereocenters. The molecule has 0 radical (unpaired) electrons. The van der Waals surface area contributed by atoms with Gasteiger partial charge in [0.2, 0.25) is 0 Å². The number of likely N-dealkylation sites (tertiary alicyclic amines) is 1. The van der Waals surface area contributed by atoms with Crippen LogP contribution >= 0.6 is 0 Å². The Labute approximate surface area is 99.7 Å². The van der Waals surface area contributed by atoms with Gasteiger partial charge in [0.25, 0.3) is 5.91 Å². The van der Waals surface area contributed by atoms with Crippen LogP contribution in [-0.2, 0) is 11.3 Å². The zero-order chi connectivity index (χ0) is 12.3. The van der Waals surface area contributed by atoms with Crippen LogP contribution in [0.1, 0.15) is 29.1 Å². The number of piperidine rings is 1. The molecule has 1 aliphatic rings. The maximum absolute atomic E-state index is 12.1. The van der Waals surface area contributed by atoms with Crippen LogP contribution in [0.2, 0.25) is 0 Å². The third-order valence-electron chi connectivity index (χ3n) is 2.81. The summed E-state index contributed by atoms with van der Waals surface area (Å²) in [7, 11) is 1.56. The molecule has 1 fully saturated rings. The Morgan fingerprint density at radius 2 is 2.59 bits per heavy atom. The fourth-order valence-electron chi connectivity index (χ4n) is 1.98. The molecule has 1 aromatic rings. The van der Waals surface area contributed by atoms with Crippen molar-refractivity contribution in [3.8, 4) is 0 Å². The molecule has 1 saturated heterocycles. The highest BCUT2D eigenvalue weighted by atomic mass is 16.5. The second-order valence-corrected chi connectivity index (χ2v) is 4.26. The smallest absolute Gasteiger partial charge is 0.276 e. The Bertz CT molecular complexity index is 391. The Morgan fingerprint density at radius 1 is 1.76 bits per heavy atom. The first-order chi connectivity index (χ1) is 8.20. The number of nitrogens with zero attached hydrogens (tertiary/aromatic N) is 2. The third-order valence-corrected chi connectivity index (χ3v) is 2.81. The number of nitrogens with two attached hydrogens (primary N) is 1. The summed E-state index contributed by atoms with van der Waals surface area (Å²) >= 11 is 0. The van der Waals surface area contributed by atoms with E-state index in [2.05, 4.69) is 5.16 Å². The van der Waals surface area contributed by atoms with Crippen molar-refractivity contribution < 1.29 is 14.1 Å². The molecule has 1 aliphatic heterocycles. The van der Waals surface area contributed by atoms with Gasteiger partial charge in [-0.3, -0.25) is 4.79 Å². The number of aromatic nitrogens is 1. The van der Waals surface area contributed by atoms with Crippen LogP contribution in [0.3, 0.4) is 0 Å². The van der Waals surface area contributed by atoms with Gasteiger partial charge in [0.15, 0.2) is 11.5 Å². The summed E-state index contributed by atoms with van der Waals surface area (Å²) in [5, 5.41) is 3.75. The molecule has 1 atom stereocenters. The standard InChI is InChI=1S/C11H17N3O3/c1-16-7-9-5-10(13-17-9)11(15)14-4-2-3-8(12)6-14/h5,8H,2-4,6-7,12H2,1H3.